The molecular formula is C13H18BrClN2. The van der Waals surface area contributed by atoms with Gasteiger partial charge in [-0.1, -0.05) is 24.6 Å². The van der Waals surface area contributed by atoms with Gasteiger partial charge in [-0.15, -0.1) is 0 Å². The smallest absolute Gasteiger partial charge is 0.0548 e. The Morgan fingerprint density at radius 3 is 2.88 bits per heavy atom. The van der Waals surface area contributed by atoms with Gasteiger partial charge < -0.3 is 5.73 Å². The van der Waals surface area contributed by atoms with Crippen molar-refractivity contribution in [2.45, 2.75) is 19.4 Å². The van der Waals surface area contributed by atoms with Crippen LogP contribution in [-0.2, 0) is 0 Å². The highest BCUT2D eigenvalue weighted by Crippen LogP contribution is 2.31. The minimum atomic E-state index is 0.313. The number of nitrogens with zero attached hydrogens (tertiary/aromatic N) is 1. The summed E-state index contributed by atoms with van der Waals surface area (Å²) >= 11 is 9.49. The second-order valence-corrected chi connectivity index (χ2v) is 6.08. The molecule has 0 saturated carbocycles. The van der Waals surface area contributed by atoms with E-state index < -0.39 is 0 Å². The maximum absolute atomic E-state index is 6.02. The van der Waals surface area contributed by atoms with E-state index in [1.807, 2.05) is 6.07 Å². The van der Waals surface area contributed by atoms with Gasteiger partial charge in [-0.3, -0.25) is 4.90 Å². The van der Waals surface area contributed by atoms with Crippen LogP contribution in [0, 0.1) is 5.92 Å². The molecule has 0 amide bonds. The molecule has 2 atom stereocenters. The van der Waals surface area contributed by atoms with E-state index in [0.29, 0.717) is 12.6 Å². The number of nitrogens with two attached hydrogens (primary N) is 1. The SMILES string of the molecule is CC1CCN(C(CN)c2ccc(Cl)c(Br)c2)C1. The second-order valence-electron chi connectivity index (χ2n) is 4.81. The van der Waals surface area contributed by atoms with E-state index >= 15 is 0 Å². The molecule has 0 radical (unpaired) electrons. The zero-order valence-corrected chi connectivity index (χ0v) is 12.3. The second kappa shape index (κ2) is 5.70. The summed E-state index contributed by atoms with van der Waals surface area (Å²) in [5.74, 6) is 0.778. The van der Waals surface area contributed by atoms with Gasteiger partial charge in [0.2, 0.25) is 0 Å². The highest BCUT2D eigenvalue weighted by molar-refractivity contribution is 9.10. The van der Waals surface area contributed by atoms with Crippen molar-refractivity contribution in [1.82, 2.24) is 4.90 Å². The van der Waals surface area contributed by atoms with Crippen molar-refractivity contribution < 1.29 is 0 Å². The molecule has 1 heterocycles. The fraction of sp³-hybridized carbons (Fsp3) is 0.538. The summed E-state index contributed by atoms with van der Waals surface area (Å²) in [4.78, 5) is 2.47. The highest BCUT2D eigenvalue weighted by atomic mass is 79.9. The first kappa shape index (κ1) is 13.3. The summed E-state index contributed by atoms with van der Waals surface area (Å²) < 4.78 is 0.947. The van der Waals surface area contributed by atoms with E-state index in [1.54, 1.807) is 0 Å². The van der Waals surface area contributed by atoms with Gasteiger partial charge in [-0.05, 0) is 52.5 Å². The highest BCUT2D eigenvalue weighted by Gasteiger charge is 2.26. The van der Waals surface area contributed by atoms with E-state index in [0.717, 1.165) is 28.5 Å². The predicted molar refractivity (Wildman–Crippen MR) is 76.3 cm³/mol. The van der Waals surface area contributed by atoms with E-state index in [9.17, 15) is 0 Å². The Labute approximate surface area is 116 Å². The Balaban J connectivity index is 2.20. The van der Waals surface area contributed by atoms with Gasteiger partial charge in [-0.2, -0.15) is 0 Å². The standard InChI is InChI=1S/C13H18BrClN2/c1-9-4-5-17(8-9)13(7-16)10-2-3-12(15)11(14)6-10/h2-3,6,9,13H,4-5,7-8,16H2,1H3. The third-order valence-electron chi connectivity index (χ3n) is 3.45. The van der Waals surface area contributed by atoms with Gasteiger partial charge >= 0.3 is 0 Å². The van der Waals surface area contributed by atoms with Crippen LogP contribution >= 0.6 is 27.5 Å². The predicted octanol–water partition coefficient (Wildman–Crippen LogP) is 3.44. The molecule has 1 aromatic carbocycles. The zero-order chi connectivity index (χ0) is 12.4. The van der Waals surface area contributed by atoms with Gasteiger partial charge in [0.15, 0.2) is 0 Å². The molecule has 4 heteroatoms. The largest absolute Gasteiger partial charge is 0.329 e. The lowest BCUT2D eigenvalue weighted by Gasteiger charge is -2.27. The third kappa shape index (κ3) is 3.02. The van der Waals surface area contributed by atoms with Gasteiger partial charge in [0.05, 0.1) is 5.02 Å². The van der Waals surface area contributed by atoms with Crippen LogP contribution in [0.5, 0.6) is 0 Å². The first-order valence-electron chi connectivity index (χ1n) is 6.01. The number of rotatable bonds is 3. The van der Waals surface area contributed by atoms with Crippen molar-refractivity contribution in [2.24, 2.45) is 11.7 Å². The molecule has 0 spiro atoms. The molecule has 0 bridgehead atoms. The number of halogens is 2. The normalized spacial score (nSPS) is 22.9. The summed E-state index contributed by atoms with van der Waals surface area (Å²) in [6.45, 7) is 5.23. The summed E-state index contributed by atoms with van der Waals surface area (Å²) in [6, 6.07) is 6.41. The Morgan fingerprint density at radius 2 is 2.35 bits per heavy atom. The molecule has 2 N–H and O–H groups in total. The molecule has 0 aliphatic carbocycles. The lowest BCUT2D eigenvalue weighted by molar-refractivity contribution is 0.243. The van der Waals surface area contributed by atoms with Crippen molar-refractivity contribution >= 4 is 27.5 Å². The Hall–Kier alpha value is -0.0900. The summed E-state index contributed by atoms with van der Waals surface area (Å²) in [7, 11) is 0. The Kier molecular flexibility index (Phi) is 4.47. The van der Waals surface area contributed by atoms with Crippen LogP contribution in [0.2, 0.25) is 5.02 Å². The van der Waals surface area contributed by atoms with Crippen LogP contribution in [-0.4, -0.2) is 24.5 Å². The van der Waals surface area contributed by atoms with Crippen molar-refractivity contribution in [2.75, 3.05) is 19.6 Å². The van der Waals surface area contributed by atoms with Gasteiger partial charge in [-0.25, -0.2) is 0 Å². The van der Waals surface area contributed by atoms with E-state index in [1.165, 1.54) is 12.0 Å². The number of likely N-dealkylation sites (tertiary alicyclic amines) is 1. The van der Waals surface area contributed by atoms with Crippen molar-refractivity contribution in [3.63, 3.8) is 0 Å². The van der Waals surface area contributed by atoms with Crippen LogP contribution in [0.15, 0.2) is 22.7 Å². The van der Waals surface area contributed by atoms with Crippen molar-refractivity contribution in [3.05, 3.63) is 33.3 Å². The number of benzene rings is 1. The topological polar surface area (TPSA) is 29.3 Å². The van der Waals surface area contributed by atoms with Crippen LogP contribution in [0.3, 0.4) is 0 Å². The Bertz CT molecular complexity index is 397. The first-order chi connectivity index (χ1) is 8.11. The van der Waals surface area contributed by atoms with Crippen LogP contribution < -0.4 is 5.73 Å². The fourth-order valence-electron chi connectivity index (χ4n) is 2.47. The average molecular weight is 318 g/mol. The maximum atomic E-state index is 6.02. The van der Waals surface area contributed by atoms with Crippen LogP contribution in [0.4, 0.5) is 0 Å². The third-order valence-corrected chi connectivity index (χ3v) is 4.66. The summed E-state index contributed by atoms with van der Waals surface area (Å²) in [5, 5.41) is 0.749. The quantitative estimate of drug-likeness (QED) is 0.925. The molecule has 1 saturated heterocycles. The van der Waals surface area contributed by atoms with Crippen molar-refractivity contribution in [3.8, 4) is 0 Å². The lowest BCUT2D eigenvalue weighted by atomic mass is 10.1. The summed E-state index contributed by atoms with van der Waals surface area (Å²) in [6.07, 6.45) is 1.27. The molecule has 2 nitrogen and oxygen atoms in total. The minimum absolute atomic E-state index is 0.313. The molecule has 1 fully saturated rings. The lowest BCUT2D eigenvalue weighted by Crippen LogP contribution is -2.31. The number of hydrogen-bond donors (Lipinski definition) is 1. The molecule has 1 aliphatic rings. The fourth-order valence-corrected chi connectivity index (χ4v) is 2.98. The zero-order valence-electron chi connectivity index (χ0n) is 10.00. The van der Waals surface area contributed by atoms with E-state index in [2.05, 4.69) is 39.9 Å². The van der Waals surface area contributed by atoms with E-state index in [-0.39, 0.29) is 0 Å². The molecular weight excluding hydrogens is 300 g/mol. The van der Waals surface area contributed by atoms with Gasteiger partial charge in [0.1, 0.15) is 0 Å². The summed E-state index contributed by atoms with van der Waals surface area (Å²) in [5.41, 5.74) is 7.18. The molecule has 94 valence electrons. The minimum Gasteiger partial charge on any atom is -0.329 e. The Morgan fingerprint density at radius 1 is 1.59 bits per heavy atom. The molecule has 1 aliphatic heterocycles. The average Bonchev–Trinajstić information content (AvgIpc) is 2.71. The van der Waals surface area contributed by atoms with E-state index in [4.69, 9.17) is 17.3 Å². The monoisotopic (exact) mass is 316 g/mol. The molecule has 1 aromatic rings. The molecule has 2 unspecified atom stereocenters. The van der Waals surface area contributed by atoms with Crippen molar-refractivity contribution in [1.29, 1.82) is 0 Å². The maximum Gasteiger partial charge on any atom is 0.0548 e. The molecule has 17 heavy (non-hydrogen) atoms. The van der Waals surface area contributed by atoms with Gasteiger partial charge in [0, 0.05) is 23.6 Å². The first-order valence-corrected chi connectivity index (χ1v) is 7.18. The van der Waals surface area contributed by atoms with Gasteiger partial charge in [0.25, 0.3) is 0 Å². The molecule has 2 rings (SSSR count). The van der Waals surface area contributed by atoms with Crippen LogP contribution in [0.1, 0.15) is 24.9 Å². The van der Waals surface area contributed by atoms with Crippen LogP contribution in [0.25, 0.3) is 0 Å². The number of hydrogen-bond acceptors (Lipinski definition) is 2. The molecule has 0 aromatic heterocycles.